The van der Waals surface area contributed by atoms with Crippen molar-refractivity contribution in [1.82, 2.24) is 0 Å². The average Bonchev–Trinajstić information content (AvgIpc) is 2.15. The Labute approximate surface area is 99.4 Å². The number of rotatable bonds is 1. The molecule has 4 atom stereocenters. The molecule has 1 saturated heterocycles. The highest BCUT2D eigenvalue weighted by atomic mass is 16.5. The lowest BCUT2D eigenvalue weighted by molar-refractivity contribution is -0.162. The number of aliphatic hydroxyl groups is 1. The molecule has 16 heavy (non-hydrogen) atoms. The van der Waals surface area contributed by atoms with Crippen LogP contribution in [0.15, 0.2) is 0 Å². The summed E-state index contributed by atoms with van der Waals surface area (Å²) in [5.41, 5.74) is -0.453. The first kappa shape index (κ1) is 12.4. The zero-order chi connectivity index (χ0) is 11.8. The first-order valence-electron chi connectivity index (χ1n) is 6.87. The summed E-state index contributed by atoms with van der Waals surface area (Å²) in [6.07, 6.45) is 7.13. The fourth-order valence-electron chi connectivity index (χ4n) is 3.83. The van der Waals surface area contributed by atoms with Crippen LogP contribution in [-0.2, 0) is 4.74 Å². The van der Waals surface area contributed by atoms with E-state index in [1.807, 2.05) is 0 Å². The molecule has 1 N–H and O–H groups in total. The quantitative estimate of drug-likeness (QED) is 0.744. The van der Waals surface area contributed by atoms with Gasteiger partial charge in [0.05, 0.1) is 17.8 Å². The Morgan fingerprint density at radius 1 is 1.06 bits per heavy atom. The van der Waals surface area contributed by atoms with Gasteiger partial charge in [-0.1, -0.05) is 19.8 Å². The van der Waals surface area contributed by atoms with Crippen molar-refractivity contribution in [3.63, 3.8) is 0 Å². The van der Waals surface area contributed by atoms with Crippen molar-refractivity contribution >= 4 is 0 Å². The molecule has 0 radical (unpaired) electrons. The summed E-state index contributed by atoms with van der Waals surface area (Å²) in [5.74, 6) is 1.29. The molecule has 4 unspecified atom stereocenters. The van der Waals surface area contributed by atoms with Crippen molar-refractivity contribution in [2.24, 2.45) is 11.8 Å². The summed E-state index contributed by atoms with van der Waals surface area (Å²) in [4.78, 5) is 0. The highest BCUT2D eigenvalue weighted by molar-refractivity contribution is 4.94. The van der Waals surface area contributed by atoms with Gasteiger partial charge in [-0.25, -0.2) is 0 Å². The number of hydrogen-bond donors (Lipinski definition) is 1. The van der Waals surface area contributed by atoms with E-state index in [4.69, 9.17) is 4.74 Å². The second-order valence-corrected chi connectivity index (χ2v) is 6.24. The van der Waals surface area contributed by atoms with Crippen molar-refractivity contribution < 1.29 is 9.84 Å². The van der Waals surface area contributed by atoms with Gasteiger partial charge in [-0.05, 0) is 38.5 Å². The second-order valence-electron chi connectivity index (χ2n) is 6.24. The molecule has 0 aromatic carbocycles. The molecule has 0 amide bonds. The van der Waals surface area contributed by atoms with Crippen LogP contribution < -0.4 is 0 Å². The molecule has 1 heterocycles. The predicted molar refractivity (Wildman–Crippen MR) is 65.3 cm³/mol. The third kappa shape index (κ3) is 2.60. The minimum Gasteiger partial charge on any atom is -0.389 e. The van der Waals surface area contributed by atoms with Gasteiger partial charge in [-0.3, -0.25) is 0 Å². The van der Waals surface area contributed by atoms with Crippen LogP contribution in [0, 0.1) is 11.8 Å². The van der Waals surface area contributed by atoms with Crippen LogP contribution in [0.4, 0.5) is 0 Å². The van der Waals surface area contributed by atoms with Crippen molar-refractivity contribution in [2.45, 2.75) is 77.1 Å². The number of hydrogen-bond acceptors (Lipinski definition) is 2. The molecule has 0 spiro atoms. The van der Waals surface area contributed by atoms with Gasteiger partial charge in [-0.15, -0.1) is 0 Å². The van der Waals surface area contributed by atoms with Gasteiger partial charge in [-0.2, -0.15) is 0 Å². The molecule has 1 saturated carbocycles. The minimum atomic E-state index is -0.453. The van der Waals surface area contributed by atoms with Crippen molar-refractivity contribution in [3.05, 3.63) is 0 Å². The average molecular weight is 226 g/mol. The molecule has 0 aromatic heterocycles. The van der Waals surface area contributed by atoms with Gasteiger partial charge in [0.1, 0.15) is 0 Å². The normalized spacial score (nSPS) is 50.2. The van der Waals surface area contributed by atoms with E-state index >= 15 is 0 Å². The smallest absolute Gasteiger partial charge is 0.0725 e. The van der Waals surface area contributed by atoms with Crippen LogP contribution in [0.1, 0.15) is 59.3 Å². The lowest BCUT2D eigenvalue weighted by atomic mass is 9.68. The van der Waals surface area contributed by atoms with E-state index in [9.17, 15) is 5.11 Å². The Hall–Kier alpha value is -0.0800. The van der Waals surface area contributed by atoms with E-state index in [-0.39, 0.29) is 12.2 Å². The summed E-state index contributed by atoms with van der Waals surface area (Å²) in [7, 11) is 0. The molecule has 2 heteroatoms. The highest BCUT2D eigenvalue weighted by Gasteiger charge is 2.43. The predicted octanol–water partition coefficient (Wildman–Crippen LogP) is 3.13. The minimum absolute atomic E-state index is 0.214. The molecule has 2 rings (SSSR count). The van der Waals surface area contributed by atoms with Crippen LogP contribution in [0.3, 0.4) is 0 Å². The molecule has 2 nitrogen and oxygen atoms in total. The van der Waals surface area contributed by atoms with Gasteiger partial charge < -0.3 is 9.84 Å². The molecule has 1 aliphatic carbocycles. The topological polar surface area (TPSA) is 29.5 Å². The Kier molecular flexibility index (Phi) is 3.60. The second kappa shape index (κ2) is 4.66. The van der Waals surface area contributed by atoms with Gasteiger partial charge in [0.15, 0.2) is 0 Å². The summed E-state index contributed by atoms with van der Waals surface area (Å²) in [6.45, 7) is 6.50. The van der Waals surface area contributed by atoms with E-state index in [0.29, 0.717) is 5.92 Å². The summed E-state index contributed by atoms with van der Waals surface area (Å²) in [5, 5.41) is 10.9. The Morgan fingerprint density at radius 2 is 1.69 bits per heavy atom. The molecule has 0 aromatic rings. The largest absolute Gasteiger partial charge is 0.389 e. The van der Waals surface area contributed by atoms with Gasteiger partial charge in [0, 0.05) is 12.8 Å². The van der Waals surface area contributed by atoms with Crippen molar-refractivity contribution in [1.29, 1.82) is 0 Å². The van der Waals surface area contributed by atoms with Gasteiger partial charge in [0.2, 0.25) is 0 Å². The van der Waals surface area contributed by atoms with Crippen LogP contribution >= 0.6 is 0 Å². The third-order valence-electron chi connectivity index (χ3n) is 4.44. The first-order chi connectivity index (χ1) is 7.49. The third-order valence-corrected chi connectivity index (χ3v) is 4.44. The summed E-state index contributed by atoms with van der Waals surface area (Å²) < 4.78 is 5.74. The van der Waals surface area contributed by atoms with Gasteiger partial charge >= 0.3 is 0 Å². The maximum Gasteiger partial charge on any atom is 0.0725 e. The van der Waals surface area contributed by atoms with E-state index in [0.717, 1.165) is 18.8 Å². The fourth-order valence-corrected chi connectivity index (χ4v) is 3.83. The van der Waals surface area contributed by atoms with Crippen molar-refractivity contribution in [2.75, 3.05) is 0 Å². The van der Waals surface area contributed by atoms with E-state index in [1.54, 1.807) is 0 Å². The Bertz CT molecular complexity index is 229. The van der Waals surface area contributed by atoms with E-state index in [2.05, 4.69) is 20.8 Å². The molecule has 0 bridgehead atoms. The van der Waals surface area contributed by atoms with Crippen LogP contribution in [0.25, 0.3) is 0 Å². The maximum absolute atomic E-state index is 10.9. The Balaban J connectivity index is 2.04. The molecule has 2 aliphatic rings. The lowest BCUT2D eigenvalue weighted by Crippen LogP contribution is -2.49. The van der Waals surface area contributed by atoms with E-state index in [1.165, 1.54) is 25.7 Å². The SMILES string of the molecule is CC1CCCC(C2(O)CC(C)OC(C)C2)C1. The van der Waals surface area contributed by atoms with Crippen LogP contribution in [-0.4, -0.2) is 22.9 Å². The first-order valence-corrected chi connectivity index (χ1v) is 6.87. The standard InChI is InChI=1S/C14H26O2/c1-10-5-4-6-13(7-10)14(15)8-11(2)16-12(3)9-14/h10-13,15H,4-9H2,1-3H3. The summed E-state index contributed by atoms with van der Waals surface area (Å²) >= 11 is 0. The zero-order valence-electron chi connectivity index (χ0n) is 10.9. The van der Waals surface area contributed by atoms with Crippen LogP contribution in [0.2, 0.25) is 0 Å². The van der Waals surface area contributed by atoms with Crippen molar-refractivity contribution in [3.8, 4) is 0 Å². The zero-order valence-corrected chi connectivity index (χ0v) is 10.9. The summed E-state index contributed by atoms with van der Waals surface area (Å²) in [6, 6.07) is 0. The fraction of sp³-hybridized carbons (Fsp3) is 1.00. The number of ether oxygens (including phenoxy) is 1. The van der Waals surface area contributed by atoms with Crippen LogP contribution in [0.5, 0.6) is 0 Å². The van der Waals surface area contributed by atoms with Gasteiger partial charge in [0.25, 0.3) is 0 Å². The monoisotopic (exact) mass is 226 g/mol. The molecule has 94 valence electrons. The molecule has 1 aliphatic heterocycles. The highest BCUT2D eigenvalue weighted by Crippen LogP contribution is 2.43. The van der Waals surface area contributed by atoms with E-state index < -0.39 is 5.60 Å². The Morgan fingerprint density at radius 3 is 2.25 bits per heavy atom. The molecule has 2 fully saturated rings. The maximum atomic E-state index is 10.9. The lowest BCUT2D eigenvalue weighted by Gasteiger charge is -2.46. The molecular weight excluding hydrogens is 200 g/mol. The molecular formula is C14H26O2.